The lowest BCUT2D eigenvalue weighted by atomic mass is 9.79. The summed E-state index contributed by atoms with van der Waals surface area (Å²) in [7, 11) is 0. The minimum absolute atomic E-state index is 0.0980. The van der Waals surface area contributed by atoms with Crippen LogP contribution in [0.2, 0.25) is 0 Å². The smallest absolute Gasteiger partial charge is 0.258 e. The van der Waals surface area contributed by atoms with E-state index in [0.29, 0.717) is 0 Å². The van der Waals surface area contributed by atoms with E-state index in [9.17, 15) is 27.7 Å². The highest BCUT2D eigenvalue weighted by molar-refractivity contribution is 5.37. The molecule has 0 aromatic heterocycles. The third kappa shape index (κ3) is 2.54. The van der Waals surface area contributed by atoms with E-state index in [1.54, 1.807) is 0 Å². The number of nitro groups is 1. The van der Waals surface area contributed by atoms with E-state index in [-0.39, 0.29) is 11.3 Å². The number of hydrogen-bond donors (Lipinski definition) is 0. The van der Waals surface area contributed by atoms with Gasteiger partial charge in [-0.2, -0.15) is 0 Å². The van der Waals surface area contributed by atoms with Crippen LogP contribution in [0.15, 0.2) is 24.3 Å². The lowest BCUT2D eigenvalue weighted by Gasteiger charge is -2.34. The molecule has 0 amide bonds. The summed E-state index contributed by atoms with van der Waals surface area (Å²) in [5, 5.41) is 10.6. The molecule has 19 heavy (non-hydrogen) atoms. The fourth-order valence-electron chi connectivity index (χ4n) is 2.31. The van der Waals surface area contributed by atoms with E-state index in [2.05, 4.69) is 0 Å². The molecule has 5 atom stereocenters. The van der Waals surface area contributed by atoms with Crippen molar-refractivity contribution < 1.29 is 22.5 Å². The summed E-state index contributed by atoms with van der Waals surface area (Å²) >= 11 is 0. The zero-order valence-corrected chi connectivity index (χ0v) is 9.68. The predicted molar refractivity (Wildman–Crippen MR) is 60.0 cm³/mol. The van der Waals surface area contributed by atoms with Gasteiger partial charge in [0.1, 0.15) is 24.7 Å². The first-order chi connectivity index (χ1) is 8.91. The van der Waals surface area contributed by atoms with Gasteiger partial charge in [0.05, 0.1) is 10.8 Å². The molecule has 1 aliphatic carbocycles. The highest BCUT2D eigenvalue weighted by Crippen LogP contribution is 2.40. The molecule has 1 aliphatic rings. The number of halogens is 4. The molecule has 0 aliphatic heterocycles. The summed E-state index contributed by atoms with van der Waals surface area (Å²) in [5.41, 5.74) is -0.465. The van der Waals surface area contributed by atoms with Gasteiger partial charge in [0.25, 0.3) is 5.69 Å². The van der Waals surface area contributed by atoms with Crippen LogP contribution in [0.3, 0.4) is 0 Å². The minimum Gasteiger partial charge on any atom is -0.258 e. The minimum atomic E-state index is -2.20. The number of nitrogens with zero attached hydrogens (tertiary/aromatic N) is 1. The fraction of sp³-hybridized carbons (Fsp3) is 0.500. The average molecular weight is 277 g/mol. The van der Waals surface area contributed by atoms with Gasteiger partial charge in [-0.05, 0) is 5.56 Å². The third-order valence-electron chi connectivity index (χ3n) is 3.29. The largest absolute Gasteiger partial charge is 0.269 e. The van der Waals surface area contributed by atoms with Gasteiger partial charge < -0.3 is 0 Å². The SMILES string of the molecule is O=[N+]([O-])c1cccc(C2[C@@H](F)[C@@H](F)C[C@@H](F)[C@H]2F)c1. The summed E-state index contributed by atoms with van der Waals surface area (Å²) in [4.78, 5) is 9.87. The Kier molecular flexibility index (Phi) is 3.73. The van der Waals surface area contributed by atoms with Crippen LogP contribution < -0.4 is 0 Å². The maximum Gasteiger partial charge on any atom is 0.269 e. The maximum atomic E-state index is 13.7. The number of alkyl halides is 4. The van der Waals surface area contributed by atoms with Gasteiger partial charge in [0.15, 0.2) is 0 Å². The van der Waals surface area contributed by atoms with Crippen molar-refractivity contribution >= 4 is 5.69 Å². The number of rotatable bonds is 2. The molecule has 0 saturated heterocycles. The van der Waals surface area contributed by atoms with E-state index in [4.69, 9.17) is 0 Å². The molecule has 1 unspecified atom stereocenters. The molecule has 7 heteroatoms. The highest BCUT2D eigenvalue weighted by atomic mass is 19.2. The number of hydrogen-bond acceptors (Lipinski definition) is 2. The normalized spacial score (nSPS) is 35.1. The monoisotopic (exact) mass is 277 g/mol. The summed E-state index contributed by atoms with van der Waals surface area (Å²) in [5.74, 6) is -1.65. The molecule has 1 aromatic carbocycles. The zero-order valence-electron chi connectivity index (χ0n) is 9.68. The van der Waals surface area contributed by atoms with E-state index in [1.165, 1.54) is 12.1 Å². The maximum absolute atomic E-state index is 13.7. The van der Waals surface area contributed by atoms with Gasteiger partial charge >= 0.3 is 0 Å². The molecule has 0 spiro atoms. The molecule has 2 rings (SSSR count). The van der Waals surface area contributed by atoms with Crippen LogP contribution in [0.5, 0.6) is 0 Å². The van der Waals surface area contributed by atoms with E-state index < -0.39 is 41.9 Å². The van der Waals surface area contributed by atoms with Crippen LogP contribution in [-0.2, 0) is 0 Å². The zero-order chi connectivity index (χ0) is 14.2. The van der Waals surface area contributed by atoms with Crippen molar-refractivity contribution in [3.05, 3.63) is 39.9 Å². The van der Waals surface area contributed by atoms with Crippen LogP contribution >= 0.6 is 0 Å². The van der Waals surface area contributed by atoms with Crippen molar-refractivity contribution in [2.24, 2.45) is 0 Å². The first-order valence-corrected chi connectivity index (χ1v) is 5.72. The lowest BCUT2D eigenvalue weighted by molar-refractivity contribution is -0.385. The van der Waals surface area contributed by atoms with Crippen LogP contribution in [0, 0.1) is 10.1 Å². The van der Waals surface area contributed by atoms with Crippen molar-refractivity contribution in [3.8, 4) is 0 Å². The molecule has 0 radical (unpaired) electrons. The molecule has 104 valence electrons. The van der Waals surface area contributed by atoms with Crippen LogP contribution in [0.4, 0.5) is 23.2 Å². The Labute approximate surface area is 106 Å². The predicted octanol–water partition coefficient (Wildman–Crippen LogP) is 3.43. The van der Waals surface area contributed by atoms with Crippen LogP contribution in [0.25, 0.3) is 0 Å². The lowest BCUT2D eigenvalue weighted by Crippen LogP contribution is -2.43. The third-order valence-corrected chi connectivity index (χ3v) is 3.29. The van der Waals surface area contributed by atoms with Crippen LogP contribution in [0.1, 0.15) is 17.9 Å². The Balaban J connectivity index is 2.37. The van der Waals surface area contributed by atoms with Gasteiger partial charge in [0, 0.05) is 18.6 Å². The first-order valence-electron chi connectivity index (χ1n) is 5.72. The van der Waals surface area contributed by atoms with Crippen molar-refractivity contribution in [1.82, 2.24) is 0 Å². The van der Waals surface area contributed by atoms with E-state index >= 15 is 0 Å². The summed E-state index contributed by atoms with van der Waals surface area (Å²) in [6.07, 6.45) is -9.45. The standard InChI is InChI=1S/C12H11F4NO2/c13-8-5-9(14)12(16)10(11(8)15)6-2-1-3-7(4-6)17(18)19/h1-4,8-12H,5H2/t8-,9+,10?,11-,12+. The molecule has 0 heterocycles. The van der Waals surface area contributed by atoms with E-state index in [0.717, 1.165) is 12.1 Å². The second-order valence-electron chi connectivity index (χ2n) is 4.53. The van der Waals surface area contributed by atoms with Crippen molar-refractivity contribution in [2.75, 3.05) is 0 Å². The van der Waals surface area contributed by atoms with Crippen molar-refractivity contribution in [2.45, 2.75) is 37.0 Å². The van der Waals surface area contributed by atoms with Gasteiger partial charge in [-0.1, -0.05) is 12.1 Å². The molecule has 1 fully saturated rings. The topological polar surface area (TPSA) is 43.1 Å². The van der Waals surface area contributed by atoms with Crippen molar-refractivity contribution in [1.29, 1.82) is 0 Å². The summed E-state index contributed by atoms with van der Waals surface area (Å²) in [6.45, 7) is 0. The molecular weight excluding hydrogens is 266 g/mol. The number of benzene rings is 1. The molecular formula is C12H11F4NO2. The second-order valence-corrected chi connectivity index (χ2v) is 4.53. The molecule has 0 bridgehead atoms. The second kappa shape index (κ2) is 5.14. The molecule has 3 nitrogen and oxygen atoms in total. The van der Waals surface area contributed by atoms with Gasteiger partial charge in [0.2, 0.25) is 0 Å². The Bertz CT molecular complexity index is 471. The molecule has 1 saturated carbocycles. The van der Waals surface area contributed by atoms with E-state index in [1.807, 2.05) is 0 Å². The number of non-ortho nitro benzene ring substituents is 1. The Morgan fingerprint density at radius 1 is 1.11 bits per heavy atom. The fourth-order valence-corrected chi connectivity index (χ4v) is 2.31. The highest BCUT2D eigenvalue weighted by Gasteiger charge is 2.47. The average Bonchev–Trinajstić information content (AvgIpc) is 2.37. The van der Waals surface area contributed by atoms with Gasteiger partial charge in [-0.15, -0.1) is 0 Å². The van der Waals surface area contributed by atoms with Gasteiger partial charge in [-0.25, -0.2) is 17.6 Å². The summed E-state index contributed by atoms with van der Waals surface area (Å²) < 4.78 is 54.0. The van der Waals surface area contributed by atoms with Crippen LogP contribution in [-0.4, -0.2) is 29.6 Å². The Morgan fingerprint density at radius 3 is 2.21 bits per heavy atom. The number of nitro benzene ring substituents is 1. The molecule has 1 aromatic rings. The first kappa shape index (κ1) is 13.8. The van der Waals surface area contributed by atoms with Crippen molar-refractivity contribution in [3.63, 3.8) is 0 Å². The quantitative estimate of drug-likeness (QED) is 0.472. The Hall–Kier alpha value is -1.66. The Morgan fingerprint density at radius 2 is 1.68 bits per heavy atom. The van der Waals surface area contributed by atoms with Gasteiger partial charge in [-0.3, -0.25) is 10.1 Å². The molecule has 0 N–H and O–H groups in total. The summed E-state index contributed by atoms with van der Waals surface area (Å²) in [6, 6.07) is 4.57.